The number of nitrogens with one attached hydrogen (secondary N) is 1. The quantitative estimate of drug-likeness (QED) is 0.848. The van der Waals surface area contributed by atoms with Crippen molar-refractivity contribution < 1.29 is 4.74 Å². The Morgan fingerprint density at radius 2 is 2.06 bits per heavy atom. The lowest BCUT2D eigenvalue weighted by molar-refractivity contribution is 0.331. The summed E-state index contributed by atoms with van der Waals surface area (Å²) in [7, 11) is 1.76. The van der Waals surface area contributed by atoms with Crippen LogP contribution in [0.2, 0.25) is 0 Å². The van der Waals surface area contributed by atoms with E-state index in [2.05, 4.69) is 44.3 Å². The first-order valence-electron chi connectivity index (χ1n) is 6.42. The van der Waals surface area contributed by atoms with Crippen LogP contribution in [0.25, 0.3) is 0 Å². The fourth-order valence-corrected chi connectivity index (χ4v) is 2.70. The fraction of sp³-hybridized carbons (Fsp3) is 0.600. The van der Waals surface area contributed by atoms with E-state index in [4.69, 9.17) is 4.74 Å². The summed E-state index contributed by atoms with van der Waals surface area (Å²) in [6.45, 7) is 6.69. The van der Waals surface area contributed by atoms with Crippen molar-refractivity contribution in [2.75, 3.05) is 7.11 Å². The van der Waals surface area contributed by atoms with Crippen molar-refractivity contribution in [2.24, 2.45) is 0 Å². The van der Waals surface area contributed by atoms with E-state index in [0.717, 1.165) is 18.6 Å². The number of fused-ring (bicyclic) bond motifs is 1. The molecule has 0 aromatic heterocycles. The van der Waals surface area contributed by atoms with Gasteiger partial charge in [0.1, 0.15) is 5.75 Å². The molecule has 1 aromatic rings. The maximum atomic E-state index is 5.43. The number of hydrogen-bond donors (Lipinski definition) is 1. The van der Waals surface area contributed by atoms with Gasteiger partial charge in [0.2, 0.25) is 0 Å². The third kappa shape index (κ3) is 3.01. The van der Waals surface area contributed by atoms with E-state index in [9.17, 15) is 0 Å². The molecular formula is C15H23NO. The zero-order valence-corrected chi connectivity index (χ0v) is 11.3. The van der Waals surface area contributed by atoms with Gasteiger partial charge in [-0.3, -0.25) is 0 Å². The third-order valence-corrected chi connectivity index (χ3v) is 3.30. The van der Waals surface area contributed by atoms with Gasteiger partial charge in [-0.1, -0.05) is 12.1 Å². The number of benzene rings is 1. The molecule has 0 spiro atoms. The second-order valence-corrected chi connectivity index (χ2v) is 5.93. The fourth-order valence-electron chi connectivity index (χ4n) is 2.70. The van der Waals surface area contributed by atoms with Crippen LogP contribution in [0, 0.1) is 0 Å². The number of methoxy groups -OCH3 is 1. The summed E-state index contributed by atoms with van der Waals surface area (Å²) < 4.78 is 5.43. The molecule has 0 amide bonds. The average Bonchev–Trinajstić information content (AvgIpc) is 2.25. The Kier molecular flexibility index (Phi) is 3.43. The molecule has 1 aromatic carbocycles. The predicted octanol–water partition coefficient (Wildman–Crippen LogP) is 2.94. The third-order valence-electron chi connectivity index (χ3n) is 3.30. The van der Waals surface area contributed by atoms with Crippen molar-refractivity contribution in [3.8, 4) is 5.75 Å². The highest BCUT2D eigenvalue weighted by atomic mass is 16.5. The Labute approximate surface area is 104 Å². The monoisotopic (exact) mass is 233 g/mol. The van der Waals surface area contributed by atoms with Gasteiger partial charge in [-0.15, -0.1) is 0 Å². The van der Waals surface area contributed by atoms with Crippen LogP contribution >= 0.6 is 0 Å². The summed E-state index contributed by atoms with van der Waals surface area (Å²) in [5, 5.41) is 3.70. The summed E-state index contributed by atoms with van der Waals surface area (Å²) in [5.41, 5.74) is 3.04. The number of rotatable bonds is 2. The first kappa shape index (κ1) is 12.4. The van der Waals surface area contributed by atoms with Crippen molar-refractivity contribution in [2.45, 2.75) is 51.6 Å². The second kappa shape index (κ2) is 4.69. The van der Waals surface area contributed by atoms with Crippen LogP contribution in [0.1, 0.15) is 38.3 Å². The Morgan fingerprint density at radius 1 is 1.29 bits per heavy atom. The standard InChI is InChI=1S/C15H23NO/c1-15(2,3)16-12-8-9-13-11(10-12)6-5-7-14(13)17-4/h5-7,12,16H,8-10H2,1-4H3/t12-/m1/s1. The number of ether oxygens (including phenoxy) is 1. The van der Waals surface area contributed by atoms with Gasteiger partial charge in [0.05, 0.1) is 7.11 Å². The van der Waals surface area contributed by atoms with Crippen molar-refractivity contribution in [3.63, 3.8) is 0 Å². The summed E-state index contributed by atoms with van der Waals surface area (Å²) in [6.07, 6.45) is 3.43. The van der Waals surface area contributed by atoms with Gasteiger partial charge >= 0.3 is 0 Å². The Morgan fingerprint density at radius 3 is 2.71 bits per heavy atom. The molecule has 1 aliphatic rings. The summed E-state index contributed by atoms with van der Waals surface area (Å²) in [5.74, 6) is 1.05. The molecule has 0 fully saturated rings. The van der Waals surface area contributed by atoms with Gasteiger partial charge in [-0.2, -0.15) is 0 Å². The average molecular weight is 233 g/mol. The van der Waals surface area contributed by atoms with E-state index in [1.807, 2.05) is 0 Å². The van der Waals surface area contributed by atoms with Crippen LogP contribution in [0.3, 0.4) is 0 Å². The van der Waals surface area contributed by atoms with Crippen molar-refractivity contribution in [1.29, 1.82) is 0 Å². The van der Waals surface area contributed by atoms with Crippen LogP contribution in [0.4, 0.5) is 0 Å². The van der Waals surface area contributed by atoms with Gasteiger partial charge in [-0.25, -0.2) is 0 Å². The van der Waals surface area contributed by atoms with Gasteiger partial charge in [-0.05, 0) is 57.2 Å². The second-order valence-electron chi connectivity index (χ2n) is 5.93. The zero-order chi connectivity index (χ0) is 12.5. The summed E-state index contributed by atoms with van der Waals surface area (Å²) in [6, 6.07) is 6.98. The molecule has 2 heteroatoms. The van der Waals surface area contributed by atoms with Crippen LogP contribution in [-0.4, -0.2) is 18.7 Å². The van der Waals surface area contributed by atoms with E-state index in [1.165, 1.54) is 17.5 Å². The maximum absolute atomic E-state index is 5.43. The minimum Gasteiger partial charge on any atom is -0.496 e. The van der Waals surface area contributed by atoms with Crippen molar-refractivity contribution in [1.82, 2.24) is 5.32 Å². The lowest BCUT2D eigenvalue weighted by Gasteiger charge is -2.32. The molecule has 0 saturated heterocycles. The Bertz CT molecular complexity index is 392. The molecule has 0 saturated carbocycles. The molecule has 1 N–H and O–H groups in total. The van der Waals surface area contributed by atoms with Gasteiger partial charge < -0.3 is 10.1 Å². The smallest absolute Gasteiger partial charge is 0.122 e. The molecule has 0 heterocycles. The van der Waals surface area contributed by atoms with E-state index in [0.29, 0.717) is 6.04 Å². The molecule has 0 radical (unpaired) electrons. The number of hydrogen-bond acceptors (Lipinski definition) is 2. The lowest BCUT2D eigenvalue weighted by Crippen LogP contribution is -2.46. The first-order valence-corrected chi connectivity index (χ1v) is 6.42. The maximum Gasteiger partial charge on any atom is 0.122 e. The van der Waals surface area contributed by atoms with E-state index in [1.54, 1.807) is 7.11 Å². The summed E-state index contributed by atoms with van der Waals surface area (Å²) in [4.78, 5) is 0. The van der Waals surface area contributed by atoms with Gasteiger partial charge in [0, 0.05) is 11.6 Å². The molecule has 1 atom stereocenters. The highest BCUT2D eigenvalue weighted by molar-refractivity contribution is 5.42. The van der Waals surface area contributed by atoms with Crippen LogP contribution < -0.4 is 10.1 Å². The van der Waals surface area contributed by atoms with Crippen molar-refractivity contribution >= 4 is 0 Å². The molecule has 94 valence electrons. The predicted molar refractivity (Wildman–Crippen MR) is 71.7 cm³/mol. The molecule has 0 aliphatic heterocycles. The SMILES string of the molecule is COc1cccc2c1CC[C@@H](NC(C)(C)C)C2. The Balaban J connectivity index is 2.14. The van der Waals surface area contributed by atoms with Crippen LogP contribution in [0.5, 0.6) is 5.75 Å². The largest absolute Gasteiger partial charge is 0.496 e. The molecular weight excluding hydrogens is 210 g/mol. The molecule has 0 unspecified atom stereocenters. The van der Waals surface area contributed by atoms with E-state index < -0.39 is 0 Å². The van der Waals surface area contributed by atoms with Crippen LogP contribution in [0.15, 0.2) is 18.2 Å². The molecule has 17 heavy (non-hydrogen) atoms. The lowest BCUT2D eigenvalue weighted by atomic mass is 9.86. The van der Waals surface area contributed by atoms with Gasteiger partial charge in [0.25, 0.3) is 0 Å². The van der Waals surface area contributed by atoms with Gasteiger partial charge in [0.15, 0.2) is 0 Å². The van der Waals surface area contributed by atoms with Crippen molar-refractivity contribution in [3.05, 3.63) is 29.3 Å². The molecule has 2 rings (SSSR count). The first-order chi connectivity index (χ1) is 7.99. The molecule has 0 bridgehead atoms. The topological polar surface area (TPSA) is 21.3 Å². The normalized spacial score (nSPS) is 19.9. The van der Waals surface area contributed by atoms with E-state index >= 15 is 0 Å². The zero-order valence-electron chi connectivity index (χ0n) is 11.3. The minimum atomic E-state index is 0.195. The molecule has 1 aliphatic carbocycles. The molecule has 2 nitrogen and oxygen atoms in total. The summed E-state index contributed by atoms with van der Waals surface area (Å²) >= 11 is 0. The highest BCUT2D eigenvalue weighted by Crippen LogP contribution is 2.29. The minimum absolute atomic E-state index is 0.195. The van der Waals surface area contributed by atoms with E-state index in [-0.39, 0.29) is 5.54 Å². The highest BCUT2D eigenvalue weighted by Gasteiger charge is 2.24. The van der Waals surface area contributed by atoms with Crippen LogP contribution in [-0.2, 0) is 12.8 Å². The Hall–Kier alpha value is -1.02.